The van der Waals surface area contributed by atoms with Crippen molar-refractivity contribution in [1.29, 1.82) is 0 Å². The lowest BCUT2D eigenvalue weighted by Crippen LogP contribution is -2.49. The van der Waals surface area contributed by atoms with Crippen molar-refractivity contribution in [2.24, 2.45) is 0 Å². The smallest absolute Gasteiger partial charge is 0.352 e. The van der Waals surface area contributed by atoms with Gasteiger partial charge in [-0.05, 0) is 48.9 Å². The number of aromatic nitrogens is 3. The average molecular weight is 479 g/mol. The Hall–Kier alpha value is -3.25. The number of aryl methyl sites for hydroxylation is 1. The summed E-state index contributed by atoms with van der Waals surface area (Å²) in [7, 11) is -4.04. The van der Waals surface area contributed by atoms with Crippen LogP contribution >= 0.6 is 0 Å². The fraction of sp³-hybridized carbons (Fsp3) is 0.286. The number of hydrogen-bond acceptors (Lipinski definition) is 7. The number of alkyl halides is 3. The second-order valence-corrected chi connectivity index (χ2v) is 9.48. The molecule has 0 radical (unpaired) electrons. The third kappa shape index (κ3) is 5.22. The van der Waals surface area contributed by atoms with E-state index in [9.17, 15) is 21.6 Å². The number of hydrogen-bond donors (Lipinski definition) is 1. The van der Waals surface area contributed by atoms with Crippen molar-refractivity contribution < 1.29 is 21.6 Å². The first-order chi connectivity index (χ1) is 15.6. The van der Waals surface area contributed by atoms with E-state index in [4.69, 9.17) is 0 Å². The van der Waals surface area contributed by atoms with E-state index in [1.54, 1.807) is 18.3 Å². The highest BCUT2D eigenvalue weighted by molar-refractivity contribution is 7.89. The van der Waals surface area contributed by atoms with Gasteiger partial charge in [-0.3, -0.25) is 0 Å². The van der Waals surface area contributed by atoms with Gasteiger partial charge in [0.1, 0.15) is 5.82 Å². The molecule has 1 aromatic carbocycles. The second-order valence-electron chi connectivity index (χ2n) is 7.54. The molecule has 1 N–H and O–H groups in total. The zero-order valence-electron chi connectivity index (χ0n) is 17.6. The van der Waals surface area contributed by atoms with Gasteiger partial charge in [0.05, 0.1) is 10.5 Å². The zero-order chi connectivity index (χ0) is 23.6. The van der Waals surface area contributed by atoms with Crippen LogP contribution < -0.4 is 10.2 Å². The van der Waals surface area contributed by atoms with Gasteiger partial charge in [0, 0.05) is 32.4 Å². The quantitative estimate of drug-likeness (QED) is 0.601. The van der Waals surface area contributed by atoms with E-state index in [0.29, 0.717) is 36.6 Å². The molecule has 1 aliphatic rings. The highest BCUT2D eigenvalue weighted by Gasteiger charge is 2.34. The first-order valence-electron chi connectivity index (χ1n) is 10.1. The Bertz CT molecular complexity index is 1210. The molecule has 1 saturated heterocycles. The van der Waals surface area contributed by atoms with Crippen LogP contribution in [0.15, 0.2) is 59.6 Å². The molecular weight excluding hydrogens is 457 g/mol. The van der Waals surface area contributed by atoms with Crippen LogP contribution in [0.4, 0.5) is 30.6 Å². The van der Waals surface area contributed by atoms with Gasteiger partial charge in [-0.2, -0.15) is 17.5 Å². The predicted octanol–water partition coefficient (Wildman–Crippen LogP) is 3.45. The van der Waals surface area contributed by atoms with Gasteiger partial charge in [-0.15, -0.1) is 10.2 Å². The zero-order valence-corrected chi connectivity index (χ0v) is 18.4. The number of anilines is 3. The van der Waals surface area contributed by atoms with Crippen molar-refractivity contribution in [3.8, 4) is 0 Å². The molecule has 0 amide bonds. The van der Waals surface area contributed by atoms with E-state index in [2.05, 4.69) is 20.5 Å². The van der Waals surface area contributed by atoms with Crippen LogP contribution in [0.1, 0.15) is 11.1 Å². The lowest BCUT2D eigenvalue weighted by atomic mass is 10.2. The summed E-state index contributed by atoms with van der Waals surface area (Å²) in [6, 6.07) is 11.1. The van der Waals surface area contributed by atoms with E-state index in [-0.39, 0.29) is 18.0 Å². The minimum Gasteiger partial charge on any atom is -0.352 e. The molecule has 2 aromatic heterocycles. The Labute approximate surface area is 189 Å². The summed E-state index contributed by atoms with van der Waals surface area (Å²) in [4.78, 5) is 5.75. The summed E-state index contributed by atoms with van der Waals surface area (Å²) in [6.45, 7) is 2.84. The van der Waals surface area contributed by atoms with Crippen LogP contribution in [0.2, 0.25) is 0 Å². The van der Waals surface area contributed by atoms with Crippen LogP contribution in [0.5, 0.6) is 0 Å². The first kappa shape index (κ1) is 22.9. The summed E-state index contributed by atoms with van der Waals surface area (Å²) >= 11 is 0. The number of pyridine rings is 1. The summed E-state index contributed by atoms with van der Waals surface area (Å²) in [5, 5.41) is 11.4. The standard InChI is InChI=1S/C21H21F3N6O2S/c1-15-5-6-18(25-14-15)26-19-7-8-20(28-27-19)29-9-11-30(12-10-29)33(31,32)17-4-2-3-16(13-17)21(22,23)24/h2-8,13-14H,9-12H2,1H3,(H,25,26,27). The van der Waals surface area contributed by atoms with E-state index in [1.165, 1.54) is 10.4 Å². The third-order valence-corrected chi connectivity index (χ3v) is 7.07. The predicted molar refractivity (Wildman–Crippen MR) is 117 cm³/mol. The first-order valence-corrected chi connectivity index (χ1v) is 11.5. The molecule has 1 aliphatic heterocycles. The van der Waals surface area contributed by atoms with E-state index in [1.807, 2.05) is 24.0 Å². The number of benzene rings is 1. The van der Waals surface area contributed by atoms with Gasteiger partial charge >= 0.3 is 6.18 Å². The number of nitrogens with zero attached hydrogens (tertiary/aromatic N) is 5. The highest BCUT2D eigenvalue weighted by atomic mass is 32.2. The third-order valence-electron chi connectivity index (χ3n) is 5.18. The summed E-state index contributed by atoms with van der Waals surface area (Å²) in [5.74, 6) is 1.73. The average Bonchev–Trinajstić information content (AvgIpc) is 2.81. The van der Waals surface area contributed by atoms with Crippen LogP contribution in [0, 0.1) is 6.92 Å². The summed E-state index contributed by atoms with van der Waals surface area (Å²) < 4.78 is 65.8. The van der Waals surface area contributed by atoms with Crippen LogP contribution in [0.3, 0.4) is 0 Å². The normalized spacial score (nSPS) is 15.5. The van der Waals surface area contributed by atoms with Crippen LogP contribution in [-0.4, -0.2) is 54.1 Å². The Kier molecular flexibility index (Phi) is 6.21. The molecular formula is C21H21F3N6O2S. The largest absolute Gasteiger partial charge is 0.416 e. The number of rotatable bonds is 5. The van der Waals surface area contributed by atoms with Gasteiger partial charge in [0.2, 0.25) is 10.0 Å². The van der Waals surface area contributed by atoms with Crippen molar-refractivity contribution in [3.05, 3.63) is 65.9 Å². The second kappa shape index (κ2) is 8.94. The van der Waals surface area contributed by atoms with Crippen LogP contribution in [0.25, 0.3) is 0 Å². The molecule has 174 valence electrons. The number of halogens is 3. The summed E-state index contributed by atoms with van der Waals surface area (Å²) in [6.07, 6.45) is -2.88. The maximum Gasteiger partial charge on any atom is 0.416 e. The molecule has 12 heteroatoms. The van der Waals surface area contributed by atoms with E-state index >= 15 is 0 Å². The topological polar surface area (TPSA) is 91.3 Å². The molecule has 1 fully saturated rings. The molecule has 8 nitrogen and oxygen atoms in total. The van der Waals surface area contributed by atoms with Gasteiger partial charge < -0.3 is 10.2 Å². The van der Waals surface area contributed by atoms with Gasteiger partial charge in [0.25, 0.3) is 0 Å². The molecule has 3 aromatic rings. The van der Waals surface area contributed by atoms with E-state index in [0.717, 1.165) is 17.7 Å². The van der Waals surface area contributed by atoms with Crippen molar-refractivity contribution in [1.82, 2.24) is 19.5 Å². The number of sulfonamides is 1. The van der Waals surface area contributed by atoms with E-state index < -0.39 is 21.8 Å². The maximum atomic E-state index is 13.0. The molecule has 33 heavy (non-hydrogen) atoms. The lowest BCUT2D eigenvalue weighted by molar-refractivity contribution is -0.137. The molecule has 3 heterocycles. The Morgan fingerprint density at radius 1 is 0.939 bits per heavy atom. The molecule has 0 bridgehead atoms. The molecule has 0 unspecified atom stereocenters. The van der Waals surface area contributed by atoms with Gasteiger partial charge in [0.15, 0.2) is 11.6 Å². The van der Waals surface area contributed by atoms with Gasteiger partial charge in [-0.1, -0.05) is 12.1 Å². The Morgan fingerprint density at radius 3 is 2.27 bits per heavy atom. The van der Waals surface area contributed by atoms with Crippen molar-refractivity contribution in [2.75, 3.05) is 36.4 Å². The van der Waals surface area contributed by atoms with Crippen molar-refractivity contribution in [3.63, 3.8) is 0 Å². The monoisotopic (exact) mass is 478 g/mol. The SMILES string of the molecule is Cc1ccc(Nc2ccc(N3CCN(S(=O)(=O)c4cccc(C(F)(F)F)c4)CC3)nn2)nc1. The lowest BCUT2D eigenvalue weighted by Gasteiger charge is -2.34. The van der Waals surface area contributed by atoms with Crippen molar-refractivity contribution in [2.45, 2.75) is 18.0 Å². The molecule has 0 spiro atoms. The number of piperazine rings is 1. The fourth-order valence-corrected chi connectivity index (χ4v) is 4.84. The molecule has 0 atom stereocenters. The molecule has 0 aliphatic carbocycles. The van der Waals surface area contributed by atoms with Crippen molar-refractivity contribution >= 4 is 27.5 Å². The molecule has 4 rings (SSSR count). The maximum absolute atomic E-state index is 13.0. The Balaban J connectivity index is 1.40. The fourth-order valence-electron chi connectivity index (χ4n) is 3.37. The molecule has 0 saturated carbocycles. The Morgan fingerprint density at radius 2 is 1.67 bits per heavy atom. The van der Waals surface area contributed by atoms with Crippen LogP contribution in [-0.2, 0) is 16.2 Å². The number of nitrogens with one attached hydrogen (secondary N) is 1. The highest BCUT2D eigenvalue weighted by Crippen LogP contribution is 2.31. The minimum atomic E-state index is -4.61. The van der Waals surface area contributed by atoms with Gasteiger partial charge in [-0.25, -0.2) is 13.4 Å². The summed E-state index contributed by atoms with van der Waals surface area (Å²) in [5.41, 5.74) is 0.0446. The minimum absolute atomic E-state index is 0.119.